The normalized spacial score (nSPS) is 8.92. The fraction of sp³-hybridized carbons (Fsp3) is 0. The van der Waals surface area contributed by atoms with E-state index in [1.807, 2.05) is 0 Å². The summed E-state index contributed by atoms with van der Waals surface area (Å²) in [6.45, 7) is 0. The average Bonchev–Trinajstić information content (AvgIpc) is 1.99. The van der Waals surface area contributed by atoms with E-state index in [9.17, 15) is 9.90 Å². The molecule has 0 bridgehead atoms. The van der Waals surface area contributed by atoms with Crippen molar-refractivity contribution in [3.63, 3.8) is 0 Å². The molecule has 1 aromatic carbocycles. The van der Waals surface area contributed by atoms with Gasteiger partial charge in [-0.05, 0) is 17.9 Å². The zero-order valence-electron chi connectivity index (χ0n) is 6.22. The van der Waals surface area contributed by atoms with Crippen LogP contribution in [0.2, 0.25) is 0 Å². The number of phenols is 2. The Balaban J connectivity index is 0.00000144. The molecule has 13 heavy (non-hydrogen) atoms. The second kappa shape index (κ2) is 4.03. The smallest absolute Gasteiger partial charge is 0.867 e. The number of carbonyl (C=O) groups is 1. The molecular formula is C7H5CrO5+2. The van der Waals surface area contributed by atoms with Crippen molar-refractivity contribution >= 4 is 5.97 Å². The Bertz CT molecular complexity index is 313. The maximum Gasteiger partial charge on any atom is 3.00 e. The number of rotatable bonds is 1. The first-order chi connectivity index (χ1) is 5.52. The molecule has 0 aliphatic carbocycles. The molecule has 1 radical (unpaired) electrons. The summed E-state index contributed by atoms with van der Waals surface area (Å²) in [6, 6.07) is 1.56. The Morgan fingerprint density at radius 1 is 1.23 bits per heavy atom. The van der Waals surface area contributed by atoms with Gasteiger partial charge in [-0.1, -0.05) is 0 Å². The average molecular weight is 221 g/mol. The van der Waals surface area contributed by atoms with Crippen molar-refractivity contribution in [2.75, 3.05) is 0 Å². The molecule has 0 saturated carbocycles. The number of hydrogen-bond donors (Lipinski definition) is 3. The Kier molecular flexibility index (Phi) is 3.60. The minimum Gasteiger partial charge on any atom is -0.867 e. The number of carboxylic acid groups (broad SMARTS) is 1. The van der Waals surface area contributed by atoms with E-state index in [1.165, 1.54) is 0 Å². The molecule has 0 unspecified atom stereocenters. The van der Waals surface area contributed by atoms with Gasteiger partial charge in [0.05, 0.1) is 5.56 Å². The number of aromatic hydroxyl groups is 2. The first-order valence-electron chi connectivity index (χ1n) is 2.98. The van der Waals surface area contributed by atoms with Gasteiger partial charge < -0.3 is 20.4 Å². The standard InChI is InChI=1S/C7H6O5.Cr/c8-4-1-3(7(11)12)2-5(9)6(4)10;/h1-2,8-10H,(H,11,12);/q;+3/p-1. The molecule has 0 fully saturated rings. The third-order valence-corrected chi connectivity index (χ3v) is 1.30. The van der Waals surface area contributed by atoms with E-state index < -0.39 is 23.2 Å². The Labute approximate surface area is 84.0 Å². The van der Waals surface area contributed by atoms with Gasteiger partial charge in [0.2, 0.25) is 0 Å². The van der Waals surface area contributed by atoms with Crippen LogP contribution in [-0.4, -0.2) is 21.3 Å². The molecule has 0 heterocycles. The summed E-state index contributed by atoms with van der Waals surface area (Å²) in [5.41, 5.74) is -0.329. The molecule has 0 aliphatic heterocycles. The van der Waals surface area contributed by atoms with E-state index in [0.29, 0.717) is 0 Å². The molecule has 0 aliphatic rings. The van der Waals surface area contributed by atoms with Gasteiger partial charge in [-0.2, -0.15) is 0 Å². The van der Waals surface area contributed by atoms with Gasteiger partial charge in [0, 0.05) is 0 Å². The van der Waals surface area contributed by atoms with Gasteiger partial charge in [0.25, 0.3) is 0 Å². The van der Waals surface area contributed by atoms with Crippen molar-refractivity contribution in [1.82, 2.24) is 0 Å². The van der Waals surface area contributed by atoms with Crippen molar-refractivity contribution in [3.05, 3.63) is 17.7 Å². The zero-order chi connectivity index (χ0) is 9.30. The number of phenolic OH excluding ortho intramolecular Hbond substituents is 2. The molecule has 3 N–H and O–H groups in total. The van der Waals surface area contributed by atoms with E-state index in [0.717, 1.165) is 12.1 Å². The van der Waals surface area contributed by atoms with Crippen LogP contribution in [0, 0.1) is 0 Å². The quantitative estimate of drug-likeness (QED) is 0.613. The maximum atomic E-state index is 10.7. The molecule has 0 spiro atoms. The van der Waals surface area contributed by atoms with Crippen LogP contribution in [0.5, 0.6) is 17.2 Å². The second-order valence-electron chi connectivity index (χ2n) is 2.15. The van der Waals surface area contributed by atoms with Gasteiger partial charge >= 0.3 is 23.3 Å². The number of carboxylic acids is 1. The SMILES string of the molecule is O=C(O)c1cc(O)c([O-])c(O)c1.[Cr+3]. The Morgan fingerprint density at radius 3 is 1.92 bits per heavy atom. The molecule has 1 rings (SSSR count). The van der Waals surface area contributed by atoms with Crippen LogP contribution in [-0.2, 0) is 17.4 Å². The molecular weight excluding hydrogens is 216 g/mol. The van der Waals surface area contributed by atoms with Gasteiger partial charge in [-0.15, -0.1) is 0 Å². The zero-order valence-corrected chi connectivity index (χ0v) is 7.50. The summed E-state index contributed by atoms with van der Waals surface area (Å²) in [4.78, 5) is 10.3. The van der Waals surface area contributed by atoms with Crippen molar-refractivity contribution in [1.29, 1.82) is 0 Å². The summed E-state index contributed by atoms with van der Waals surface area (Å²) in [5.74, 6) is -3.83. The summed E-state index contributed by atoms with van der Waals surface area (Å²) in [6.07, 6.45) is 0. The Hall–Kier alpha value is -1.38. The first kappa shape index (κ1) is 11.6. The van der Waals surface area contributed by atoms with Crippen molar-refractivity contribution in [2.24, 2.45) is 0 Å². The van der Waals surface area contributed by atoms with Crippen LogP contribution in [0.15, 0.2) is 12.1 Å². The van der Waals surface area contributed by atoms with E-state index in [1.54, 1.807) is 0 Å². The first-order valence-corrected chi connectivity index (χ1v) is 2.98. The summed E-state index contributed by atoms with van der Waals surface area (Å²) >= 11 is 0. The van der Waals surface area contributed by atoms with E-state index in [2.05, 4.69) is 0 Å². The van der Waals surface area contributed by atoms with Crippen LogP contribution >= 0.6 is 0 Å². The molecule has 0 saturated heterocycles. The predicted molar refractivity (Wildman–Crippen MR) is 36.2 cm³/mol. The minimum atomic E-state index is -1.32. The summed E-state index contributed by atoms with van der Waals surface area (Å²) in [5, 5.41) is 36.6. The number of benzene rings is 1. The minimum absolute atomic E-state index is 0. The van der Waals surface area contributed by atoms with Crippen LogP contribution in [0.3, 0.4) is 0 Å². The molecule has 1 aromatic rings. The largest absolute Gasteiger partial charge is 3.00 e. The van der Waals surface area contributed by atoms with Gasteiger partial charge in [0.15, 0.2) is 0 Å². The molecule has 6 heteroatoms. The van der Waals surface area contributed by atoms with Crippen molar-refractivity contribution < 1.29 is 42.6 Å². The molecule has 5 nitrogen and oxygen atoms in total. The number of hydrogen-bond acceptors (Lipinski definition) is 4. The van der Waals surface area contributed by atoms with Gasteiger partial charge in [0.1, 0.15) is 11.5 Å². The van der Waals surface area contributed by atoms with Crippen LogP contribution in [0.4, 0.5) is 0 Å². The predicted octanol–water partition coefficient (Wildman–Crippen LogP) is -0.133. The van der Waals surface area contributed by atoms with E-state index >= 15 is 0 Å². The van der Waals surface area contributed by atoms with E-state index in [4.69, 9.17) is 15.3 Å². The topological polar surface area (TPSA) is 101 Å². The van der Waals surface area contributed by atoms with Crippen molar-refractivity contribution in [2.45, 2.75) is 0 Å². The fourth-order valence-corrected chi connectivity index (χ4v) is 0.722. The van der Waals surface area contributed by atoms with Crippen molar-refractivity contribution in [3.8, 4) is 17.2 Å². The fourth-order valence-electron chi connectivity index (χ4n) is 0.722. The van der Waals surface area contributed by atoms with Gasteiger partial charge in [-0.25, -0.2) is 4.79 Å². The third-order valence-electron chi connectivity index (χ3n) is 1.30. The van der Waals surface area contributed by atoms with Crippen LogP contribution in [0.25, 0.3) is 0 Å². The maximum absolute atomic E-state index is 10.7. The molecule has 0 atom stereocenters. The number of aromatic carboxylic acids is 1. The van der Waals surface area contributed by atoms with E-state index in [-0.39, 0.29) is 22.9 Å². The molecule has 67 valence electrons. The molecule has 0 aromatic heterocycles. The molecule has 0 amide bonds. The summed E-state index contributed by atoms with van der Waals surface area (Å²) in [7, 11) is 0. The monoisotopic (exact) mass is 221 g/mol. The Morgan fingerprint density at radius 2 is 1.62 bits per heavy atom. The van der Waals surface area contributed by atoms with Gasteiger partial charge in [-0.3, -0.25) is 0 Å². The summed E-state index contributed by atoms with van der Waals surface area (Å²) < 4.78 is 0. The van der Waals surface area contributed by atoms with Crippen LogP contribution in [0.1, 0.15) is 10.4 Å². The third kappa shape index (κ3) is 2.28. The van der Waals surface area contributed by atoms with Crippen LogP contribution < -0.4 is 5.11 Å². The second-order valence-corrected chi connectivity index (χ2v) is 2.15.